The number of ether oxygens (including phenoxy) is 1. The minimum Gasteiger partial charge on any atom is -0.423 e. The number of fused-ring (bicyclic) bond motifs is 1. The van der Waals surface area contributed by atoms with E-state index in [0.717, 1.165) is 10.8 Å². The second-order valence-electron chi connectivity index (χ2n) is 4.41. The lowest BCUT2D eigenvalue weighted by molar-refractivity contribution is 0.0735. The number of esters is 1. The van der Waals surface area contributed by atoms with Crippen molar-refractivity contribution in [2.24, 2.45) is 0 Å². The summed E-state index contributed by atoms with van der Waals surface area (Å²) in [6.45, 7) is 0. The fraction of sp³-hybridized carbons (Fsp3) is 0. The highest BCUT2D eigenvalue weighted by molar-refractivity contribution is 5.92. The molecule has 0 fully saturated rings. The van der Waals surface area contributed by atoms with Crippen molar-refractivity contribution in [2.45, 2.75) is 0 Å². The lowest BCUT2D eigenvalue weighted by atomic mass is 10.1. The molecule has 0 saturated carbocycles. The van der Waals surface area contributed by atoms with Crippen LogP contribution in [0.2, 0.25) is 0 Å². The maximum absolute atomic E-state index is 12.8. The molecule has 0 unspecified atom stereocenters. The first-order valence-electron chi connectivity index (χ1n) is 6.19. The van der Waals surface area contributed by atoms with Crippen molar-refractivity contribution in [3.8, 4) is 5.75 Å². The topological polar surface area (TPSA) is 26.3 Å². The molecule has 3 aromatic rings. The molecule has 2 nitrogen and oxygen atoms in total. The van der Waals surface area contributed by atoms with E-state index in [4.69, 9.17) is 4.74 Å². The van der Waals surface area contributed by atoms with Gasteiger partial charge in [-0.3, -0.25) is 0 Å². The molecule has 0 heterocycles. The zero-order chi connectivity index (χ0) is 13.9. The summed E-state index contributed by atoms with van der Waals surface area (Å²) in [7, 11) is 0. The number of carbonyl (C=O) groups excluding carboxylic acids is 1. The van der Waals surface area contributed by atoms with E-state index in [1.807, 2.05) is 30.3 Å². The number of rotatable bonds is 2. The average molecular weight is 266 g/mol. The van der Waals surface area contributed by atoms with Crippen LogP contribution in [0.25, 0.3) is 10.8 Å². The Labute approximate surface area is 115 Å². The maximum atomic E-state index is 12.8. The number of benzene rings is 3. The summed E-state index contributed by atoms with van der Waals surface area (Å²) in [6, 6.07) is 18.5. The van der Waals surface area contributed by atoms with Gasteiger partial charge in [0.1, 0.15) is 11.6 Å². The molecule has 0 aromatic heterocycles. The minimum absolute atomic E-state index is 0.319. The summed E-state index contributed by atoms with van der Waals surface area (Å²) in [4.78, 5) is 11.9. The largest absolute Gasteiger partial charge is 0.423 e. The molecular weight excluding hydrogens is 255 g/mol. The van der Waals surface area contributed by atoms with Crippen LogP contribution >= 0.6 is 0 Å². The average Bonchev–Trinajstić information content (AvgIpc) is 2.48. The Bertz CT molecular complexity index is 763. The first kappa shape index (κ1) is 12.4. The van der Waals surface area contributed by atoms with Gasteiger partial charge in [-0.1, -0.05) is 30.3 Å². The van der Waals surface area contributed by atoms with Gasteiger partial charge in [0.2, 0.25) is 0 Å². The molecule has 3 rings (SSSR count). The van der Waals surface area contributed by atoms with Gasteiger partial charge in [0.05, 0.1) is 5.56 Å². The zero-order valence-electron chi connectivity index (χ0n) is 10.5. The molecule has 3 aromatic carbocycles. The Hall–Kier alpha value is -2.68. The third kappa shape index (κ3) is 2.52. The van der Waals surface area contributed by atoms with Gasteiger partial charge in [-0.2, -0.15) is 0 Å². The first-order chi connectivity index (χ1) is 9.72. The van der Waals surface area contributed by atoms with Crippen LogP contribution in [0.3, 0.4) is 0 Å². The Balaban J connectivity index is 1.85. The summed E-state index contributed by atoms with van der Waals surface area (Å²) in [5, 5.41) is 2.07. The maximum Gasteiger partial charge on any atom is 0.343 e. The molecule has 0 spiro atoms. The Morgan fingerprint density at radius 1 is 0.850 bits per heavy atom. The van der Waals surface area contributed by atoms with Crippen molar-refractivity contribution in [1.82, 2.24) is 0 Å². The van der Waals surface area contributed by atoms with E-state index in [1.54, 1.807) is 12.1 Å². The van der Waals surface area contributed by atoms with Crippen molar-refractivity contribution in [3.63, 3.8) is 0 Å². The van der Waals surface area contributed by atoms with Gasteiger partial charge in [0, 0.05) is 0 Å². The van der Waals surface area contributed by atoms with Crippen LogP contribution in [0.15, 0.2) is 66.7 Å². The third-order valence-electron chi connectivity index (χ3n) is 3.01. The molecule has 0 aliphatic carbocycles. The third-order valence-corrected chi connectivity index (χ3v) is 3.01. The smallest absolute Gasteiger partial charge is 0.343 e. The summed E-state index contributed by atoms with van der Waals surface area (Å²) in [5.41, 5.74) is 0.319. The minimum atomic E-state index is -0.500. The molecule has 3 heteroatoms. The molecule has 0 N–H and O–H groups in total. The fourth-order valence-electron chi connectivity index (χ4n) is 1.98. The van der Waals surface area contributed by atoms with Gasteiger partial charge in [0.15, 0.2) is 0 Å². The zero-order valence-corrected chi connectivity index (χ0v) is 10.5. The monoisotopic (exact) mass is 266 g/mol. The molecular formula is C17H11FO2. The predicted molar refractivity (Wildman–Crippen MR) is 75.3 cm³/mol. The highest BCUT2D eigenvalue weighted by Crippen LogP contribution is 2.21. The summed E-state index contributed by atoms with van der Waals surface area (Å²) in [6.07, 6.45) is 0. The van der Waals surface area contributed by atoms with E-state index in [0.29, 0.717) is 11.3 Å². The predicted octanol–water partition coefficient (Wildman–Crippen LogP) is 4.20. The van der Waals surface area contributed by atoms with Crippen LogP contribution in [0.5, 0.6) is 5.75 Å². The van der Waals surface area contributed by atoms with Gasteiger partial charge in [0.25, 0.3) is 0 Å². The standard InChI is InChI=1S/C17H11FO2/c18-15-8-5-13(6-9-15)17(19)20-16-10-7-12-3-1-2-4-14(12)11-16/h1-11H. The van der Waals surface area contributed by atoms with E-state index in [1.165, 1.54) is 24.3 Å². The molecule has 0 saturated heterocycles. The molecule has 98 valence electrons. The van der Waals surface area contributed by atoms with Crippen molar-refractivity contribution in [1.29, 1.82) is 0 Å². The van der Waals surface area contributed by atoms with Crippen molar-refractivity contribution >= 4 is 16.7 Å². The molecule has 20 heavy (non-hydrogen) atoms. The second-order valence-corrected chi connectivity index (χ2v) is 4.41. The quantitative estimate of drug-likeness (QED) is 0.513. The molecule has 0 radical (unpaired) electrons. The first-order valence-corrected chi connectivity index (χ1v) is 6.19. The lowest BCUT2D eigenvalue weighted by Crippen LogP contribution is -2.08. The van der Waals surface area contributed by atoms with E-state index >= 15 is 0 Å². The highest BCUT2D eigenvalue weighted by Gasteiger charge is 2.08. The molecule has 0 atom stereocenters. The van der Waals surface area contributed by atoms with Crippen LogP contribution in [-0.4, -0.2) is 5.97 Å². The van der Waals surface area contributed by atoms with Crippen LogP contribution in [0.1, 0.15) is 10.4 Å². The summed E-state index contributed by atoms with van der Waals surface area (Å²) in [5.74, 6) is -0.412. The SMILES string of the molecule is O=C(Oc1ccc2ccccc2c1)c1ccc(F)cc1. The highest BCUT2D eigenvalue weighted by atomic mass is 19.1. The summed E-state index contributed by atoms with van der Waals surface area (Å²) >= 11 is 0. The Morgan fingerprint density at radius 2 is 1.55 bits per heavy atom. The van der Waals surface area contributed by atoms with E-state index in [9.17, 15) is 9.18 Å². The van der Waals surface area contributed by atoms with Crippen molar-refractivity contribution in [3.05, 3.63) is 78.1 Å². The molecule has 0 bridgehead atoms. The van der Waals surface area contributed by atoms with Gasteiger partial charge in [-0.25, -0.2) is 9.18 Å². The lowest BCUT2D eigenvalue weighted by Gasteiger charge is -2.05. The molecule has 0 amide bonds. The van der Waals surface area contributed by atoms with Crippen LogP contribution < -0.4 is 4.74 Å². The number of halogens is 1. The van der Waals surface area contributed by atoms with Crippen LogP contribution in [0, 0.1) is 5.82 Å². The Kier molecular flexibility index (Phi) is 3.17. The van der Waals surface area contributed by atoms with Gasteiger partial charge >= 0.3 is 5.97 Å². The number of hydrogen-bond acceptors (Lipinski definition) is 2. The van der Waals surface area contributed by atoms with Gasteiger partial charge < -0.3 is 4.74 Å². The molecule has 0 aliphatic rings. The van der Waals surface area contributed by atoms with E-state index in [2.05, 4.69) is 0 Å². The van der Waals surface area contributed by atoms with E-state index < -0.39 is 5.97 Å². The van der Waals surface area contributed by atoms with Crippen molar-refractivity contribution < 1.29 is 13.9 Å². The normalized spacial score (nSPS) is 10.4. The number of carbonyl (C=O) groups is 1. The van der Waals surface area contributed by atoms with Gasteiger partial charge in [-0.05, 0) is 47.2 Å². The van der Waals surface area contributed by atoms with Crippen LogP contribution in [0.4, 0.5) is 4.39 Å². The second kappa shape index (κ2) is 5.13. The van der Waals surface area contributed by atoms with Gasteiger partial charge in [-0.15, -0.1) is 0 Å². The van der Waals surface area contributed by atoms with E-state index in [-0.39, 0.29) is 5.82 Å². The molecule has 0 aliphatic heterocycles. The van der Waals surface area contributed by atoms with Crippen LogP contribution in [-0.2, 0) is 0 Å². The van der Waals surface area contributed by atoms with Crippen molar-refractivity contribution in [2.75, 3.05) is 0 Å². The summed E-state index contributed by atoms with van der Waals surface area (Å²) < 4.78 is 18.1. The number of hydrogen-bond donors (Lipinski definition) is 0. The Morgan fingerprint density at radius 3 is 2.30 bits per heavy atom. The fourth-order valence-corrected chi connectivity index (χ4v) is 1.98.